The number of hydrogen-bond acceptors (Lipinski definition) is 2. The van der Waals surface area contributed by atoms with Crippen molar-refractivity contribution in [1.82, 2.24) is 5.32 Å². The third-order valence-electron chi connectivity index (χ3n) is 1.91. The maximum atomic E-state index is 11.9. The Labute approximate surface area is 94.7 Å². The second-order valence-electron chi connectivity index (χ2n) is 3.70. The predicted molar refractivity (Wildman–Crippen MR) is 60.2 cm³/mol. The normalized spacial score (nSPS) is 13.9. The molecule has 1 aromatic rings. The fourth-order valence-electron chi connectivity index (χ4n) is 1.14. The average Bonchev–Trinajstić information content (AvgIpc) is 2.24. The molecule has 82 valence electrons. The number of ether oxygens (including phenoxy) is 1. The molecule has 15 heavy (non-hydrogen) atoms. The van der Waals surface area contributed by atoms with E-state index in [-0.39, 0.29) is 17.2 Å². The van der Waals surface area contributed by atoms with Gasteiger partial charge >= 0.3 is 0 Å². The smallest absolute Gasteiger partial charge is 0.255 e. The zero-order chi connectivity index (χ0) is 13.8. The number of rotatable bonds is 4. The SMILES string of the molecule is [2H]C([2H])([2H])Oc1ccccc1C(=O)NCC(C)C. The monoisotopic (exact) mass is 210 g/mol. The van der Waals surface area contributed by atoms with Crippen LogP contribution in [0.3, 0.4) is 0 Å². The van der Waals surface area contributed by atoms with Gasteiger partial charge < -0.3 is 10.1 Å². The molecule has 0 radical (unpaired) electrons. The standard InChI is InChI=1S/C12H17NO2/c1-9(2)8-13-12(14)10-6-4-5-7-11(10)15-3/h4-7,9H,8H2,1-3H3,(H,13,14)/i3D3. The Morgan fingerprint density at radius 1 is 1.53 bits per heavy atom. The number of carbonyl (C=O) groups excluding carboxylic acids is 1. The fourth-order valence-corrected chi connectivity index (χ4v) is 1.14. The molecular formula is C12H17NO2. The van der Waals surface area contributed by atoms with Crippen LogP contribution in [0.4, 0.5) is 0 Å². The van der Waals surface area contributed by atoms with Crippen molar-refractivity contribution in [2.24, 2.45) is 5.92 Å². The van der Waals surface area contributed by atoms with E-state index in [1.54, 1.807) is 12.1 Å². The minimum atomic E-state index is -2.56. The molecule has 0 aliphatic heterocycles. The van der Waals surface area contributed by atoms with E-state index >= 15 is 0 Å². The Kier molecular flexibility index (Phi) is 2.78. The first-order valence-electron chi connectivity index (χ1n) is 6.36. The van der Waals surface area contributed by atoms with Crippen molar-refractivity contribution in [1.29, 1.82) is 0 Å². The second kappa shape index (κ2) is 5.39. The van der Waals surface area contributed by atoms with Crippen LogP contribution in [0.15, 0.2) is 24.3 Å². The lowest BCUT2D eigenvalue weighted by Crippen LogP contribution is -2.27. The van der Waals surface area contributed by atoms with E-state index < -0.39 is 7.04 Å². The Morgan fingerprint density at radius 3 is 2.93 bits per heavy atom. The second-order valence-corrected chi connectivity index (χ2v) is 3.70. The van der Waals surface area contributed by atoms with E-state index in [0.29, 0.717) is 12.5 Å². The van der Waals surface area contributed by atoms with E-state index in [1.807, 2.05) is 13.8 Å². The summed E-state index contributed by atoms with van der Waals surface area (Å²) >= 11 is 0. The van der Waals surface area contributed by atoms with Gasteiger partial charge in [0.25, 0.3) is 5.91 Å². The number of carbonyl (C=O) groups is 1. The summed E-state index contributed by atoms with van der Waals surface area (Å²) in [6.45, 7) is 4.48. The number of nitrogens with one attached hydrogen (secondary N) is 1. The number of amides is 1. The Bertz CT molecular complexity index is 416. The molecule has 1 amide bonds. The molecule has 0 bridgehead atoms. The lowest BCUT2D eigenvalue weighted by Gasteiger charge is -2.10. The molecule has 1 rings (SSSR count). The van der Waals surface area contributed by atoms with Crippen LogP contribution in [0.25, 0.3) is 0 Å². The van der Waals surface area contributed by atoms with Gasteiger partial charge in [-0.1, -0.05) is 26.0 Å². The van der Waals surface area contributed by atoms with Crippen LogP contribution < -0.4 is 10.1 Å². The van der Waals surface area contributed by atoms with Gasteiger partial charge in [0.15, 0.2) is 0 Å². The van der Waals surface area contributed by atoms with Crippen LogP contribution in [-0.4, -0.2) is 19.5 Å². The van der Waals surface area contributed by atoms with Crippen LogP contribution >= 0.6 is 0 Å². The summed E-state index contributed by atoms with van der Waals surface area (Å²) in [4.78, 5) is 11.9. The molecule has 0 saturated heterocycles. The number of para-hydroxylation sites is 1. The van der Waals surface area contributed by atoms with Crippen molar-refractivity contribution in [2.75, 3.05) is 13.6 Å². The molecule has 0 aromatic heterocycles. The van der Waals surface area contributed by atoms with Crippen LogP contribution in [0.1, 0.15) is 28.3 Å². The lowest BCUT2D eigenvalue weighted by molar-refractivity contribution is 0.0946. The molecule has 3 heteroatoms. The molecule has 1 aromatic carbocycles. The zero-order valence-electron chi connectivity index (χ0n) is 11.9. The fraction of sp³-hybridized carbons (Fsp3) is 0.417. The maximum Gasteiger partial charge on any atom is 0.255 e. The lowest BCUT2D eigenvalue weighted by atomic mass is 10.1. The van der Waals surface area contributed by atoms with Crippen molar-refractivity contribution < 1.29 is 13.6 Å². The molecule has 0 aliphatic rings. The van der Waals surface area contributed by atoms with Gasteiger partial charge in [-0.25, -0.2) is 0 Å². The molecular weight excluding hydrogens is 190 g/mol. The highest BCUT2D eigenvalue weighted by Gasteiger charge is 2.10. The van der Waals surface area contributed by atoms with Gasteiger partial charge in [-0.2, -0.15) is 0 Å². The quantitative estimate of drug-likeness (QED) is 0.826. The Balaban J connectivity index is 2.84. The predicted octanol–water partition coefficient (Wildman–Crippen LogP) is 2.08. The summed E-state index contributed by atoms with van der Waals surface area (Å²) in [5.74, 6) is 0.0620. The molecule has 0 saturated carbocycles. The third kappa shape index (κ3) is 3.27. The molecule has 1 N–H and O–H groups in total. The van der Waals surface area contributed by atoms with Crippen LogP contribution in [0.2, 0.25) is 0 Å². The molecule has 0 spiro atoms. The average molecular weight is 210 g/mol. The zero-order valence-corrected chi connectivity index (χ0v) is 8.91. The number of benzene rings is 1. The summed E-state index contributed by atoms with van der Waals surface area (Å²) in [5.41, 5.74) is 0.231. The van der Waals surface area contributed by atoms with Gasteiger partial charge in [0, 0.05) is 6.54 Å². The van der Waals surface area contributed by atoms with Gasteiger partial charge in [0.05, 0.1) is 16.7 Å². The van der Waals surface area contributed by atoms with Gasteiger partial charge in [0.2, 0.25) is 0 Å². The third-order valence-corrected chi connectivity index (χ3v) is 1.91. The number of hydrogen-bond donors (Lipinski definition) is 1. The van der Waals surface area contributed by atoms with Crippen molar-refractivity contribution in [3.05, 3.63) is 29.8 Å². The summed E-state index contributed by atoms with van der Waals surface area (Å²) in [5, 5.41) is 2.72. The first kappa shape index (κ1) is 7.74. The number of methoxy groups -OCH3 is 1. The van der Waals surface area contributed by atoms with Crippen molar-refractivity contribution in [2.45, 2.75) is 13.8 Å². The summed E-state index contributed by atoms with van der Waals surface area (Å²) in [6, 6.07) is 6.30. The summed E-state index contributed by atoms with van der Waals surface area (Å²) < 4.78 is 26.0. The minimum absolute atomic E-state index is 0.0683. The molecule has 0 heterocycles. The summed E-state index contributed by atoms with van der Waals surface area (Å²) in [7, 11) is -2.56. The highest BCUT2D eigenvalue weighted by molar-refractivity contribution is 5.96. The van der Waals surface area contributed by atoms with Crippen molar-refractivity contribution in [3.8, 4) is 5.75 Å². The van der Waals surface area contributed by atoms with Gasteiger partial charge in [0.1, 0.15) is 5.75 Å². The summed E-state index contributed by atoms with van der Waals surface area (Å²) in [6.07, 6.45) is 0. The highest BCUT2D eigenvalue weighted by atomic mass is 16.5. The van der Waals surface area contributed by atoms with Crippen LogP contribution in [0, 0.1) is 5.92 Å². The van der Waals surface area contributed by atoms with Crippen LogP contribution in [0.5, 0.6) is 5.75 Å². The Morgan fingerprint density at radius 2 is 2.27 bits per heavy atom. The topological polar surface area (TPSA) is 38.3 Å². The first-order valence-corrected chi connectivity index (χ1v) is 4.86. The van der Waals surface area contributed by atoms with Gasteiger partial charge in [-0.3, -0.25) is 4.79 Å². The highest BCUT2D eigenvalue weighted by Crippen LogP contribution is 2.16. The van der Waals surface area contributed by atoms with Crippen LogP contribution in [-0.2, 0) is 0 Å². The van der Waals surface area contributed by atoms with E-state index in [9.17, 15) is 4.79 Å². The molecule has 0 unspecified atom stereocenters. The Hall–Kier alpha value is -1.51. The first-order chi connectivity index (χ1) is 8.29. The largest absolute Gasteiger partial charge is 0.496 e. The van der Waals surface area contributed by atoms with E-state index in [1.165, 1.54) is 12.1 Å². The van der Waals surface area contributed by atoms with Crippen molar-refractivity contribution >= 4 is 5.91 Å². The van der Waals surface area contributed by atoms with Gasteiger partial charge in [-0.15, -0.1) is 0 Å². The van der Waals surface area contributed by atoms with Gasteiger partial charge in [-0.05, 0) is 18.1 Å². The van der Waals surface area contributed by atoms with E-state index in [2.05, 4.69) is 5.32 Å². The van der Waals surface area contributed by atoms with Crippen molar-refractivity contribution in [3.63, 3.8) is 0 Å². The minimum Gasteiger partial charge on any atom is -0.496 e. The molecule has 0 fully saturated rings. The van der Waals surface area contributed by atoms with E-state index in [0.717, 1.165) is 0 Å². The maximum absolute atomic E-state index is 11.9. The molecule has 0 atom stereocenters. The molecule has 3 nitrogen and oxygen atoms in total. The van der Waals surface area contributed by atoms with E-state index in [4.69, 9.17) is 8.85 Å². The molecule has 0 aliphatic carbocycles.